The zero-order valence-corrected chi connectivity index (χ0v) is 18.1. The van der Waals surface area contributed by atoms with E-state index >= 15 is 0 Å². The molecule has 0 saturated heterocycles. The van der Waals surface area contributed by atoms with Crippen molar-refractivity contribution in [3.63, 3.8) is 0 Å². The van der Waals surface area contributed by atoms with Crippen molar-refractivity contribution in [2.45, 2.75) is 12.2 Å². The minimum absolute atomic E-state index is 0.00403. The molecule has 1 aliphatic heterocycles. The van der Waals surface area contributed by atoms with Crippen LogP contribution in [0.2, 0.25) is 0 Å². The molecule has 180 valence electrons. The van der Waals surface area contributed by atoms with Gasteiger partial charge in [0.15, 0.2) is 17.4 Å². The van der Waals surface area contributed by atoms with Crippen LogP contribution in [0.25, 0.3) is 11.3 Å². The van der Waals surface area contributed by atoms with Crippen molar-refractivity contribution in [3.8, 4) is 17.0 Å². The number of aromatic amines is 1. The van der Waals surface area contributed by atoms with E-state index in [0.717, 1.165) is 13.2 Å². The Hall–Kier alpha value is -3.67. The summed E-state index contributed by atoms with van der Waals surface area (Å²) >= 11 is 0. The van der Waals surface area contributed by atoms with E-state index in [1.54, 1.807) is 0 Å². The van der Waals surface area contributed by atoms with Gasteiger partial charge in [-0.05, 0) is 25.2 Å². The fourth-order valence-corrected chi connectivity index (χ4v) is 3.91. The quantitative estimate of drug-likeness (QED) is 0.360. The molecule has 0 unspecified atom stereocenters. The molecule has 0 bridgehead atoms. The first-order valence-corrected chi connectivity index (χ1v) is 10.1. The molecule has 34 heavy (non-hydrogen) atoms. The number of para-hydroxylation sites is 1. The van der Waals surface area contributed by atoms with Gasteiger partial charge in [-0.3, -0.25) is 9.78 Å². The number of anilines is 2. The zero-order valence-electron chi connectivity index (χ0n) is 18.1. The number of halogens is 5. The highest BCUT2D eigenvalue weighted by Gasteiger charge is 2.39. The van der Waals surface area contributed by atoms with Gasteiger partial charge in [-0.25, -0.2) is 13.7 Å². The Morgan fingerprint density at radius 2 is 2.00 bits per heavy atom. The number of rotatable bonds is 6. The number of hydrogen-bond donors (Lipinski definition) is 3. The van der Waals surface area contributed by atoms with E-state index in [4.69, 9.17) is 4.74 Å². The standard InChI is InChI=1S/C22H20F5N5O2/c1-32(22(25,26)27)10-11-8-29-21(33)16-17(11)31-18(12-6-7-28-9-14(12)24)19(16)30-15-5-3-4-13(23)20(15)34-2/h3-7,9,11,30-31H,8,10H2,1-2H3,(H,29,33)/t11-/m0/s1. The molecule has 0 saturated carbocycles. The van der Waals surface area contributed by atoms with Crippen LogP contribution in [0, 0.1) is 11.6 Å². The molecule has 4 rings (SSSR count). The molecule has 0 fully saturated rings. The summed E-state index contributed by atoms with van der Waals surface area (Å²) < 4.78 is 73.6. The largest absolute Gasteiger partial charge is 0.492 e. The zero-order chi connectivity index (χ0) is 24.6. The number of nitrogens with zero attached hydrogens (tertiary/aromatic N) is 2. The Kier molecular flexibility index (Phi) is 6.17. The summed E-state index contributed by atoms with van der Waals surface area (Å²) in [7, 11) is 2.16. The van der Waals surface area contributed by atoms with Gasteiger partial charge >= 0.3 is 6.30 Å². The fourth-order valence-electron chi connectivity index (χ4n) is 3.91. The number of benzene rings is 1. The number of alkyl halides is 3. The lowest BCUT2D eigenvalue weighted by atomic mass is 9.95. The maximum Gasteiger partial charge on any atom is 0.459 e. The number of nitrogens with one attached hydrogen (secondary N) is 3. The Labute approximate surface area is 190 Å². The molecule has 1 aliphatic rings. The van der Waals surface area contributed by atoms with E-state index in [-0.39, 0.29) is 51.1 Å². The van der Waals surface area contributed by atoms with Gasteiger partial charge in [0, 0.05) is 36.5 Å². The SMILES string of the molecule is COc1c(F)cccc1Nc1c(-c2ccncc2F)[nH]c2c1C(=O)NC[C@H]2CN(C)C(F)(F)F. The first kappa shape index (κ1) is 23.5. The number of carbonyl (C=O) groups is 1. The number of aromatic nitrogens is 2. The topological polar surface area (TPSA) is 82.3 Å². The first-order valence-electron chi connectivity index (χ1n) is 10.1. The van der Waals surface area contributed by atoms with Crippen molar-refractivity contribution in [2.24, 2.45) is 0 Å². The average molecular weight is 481 g/mol. The van der Waals surface area contributed by atoms with Crippen molar-refractivity contribution in [1.82, 2.24) is 20.2 Å². The van der Waals surface area contributed by atoms with Crippen LogP contribution in [0.1, 0.15) is 22.0 Å². The van der Waals surface area contributed by atoms with Crippen LogP contribution in [-0.4, -0.2) is 54.3 Å². The lowest BCUT2D eigenvalue weighted by Gasteiger charge is -2.28. The fraction of sp³-hybridized carbons (Fsp3) is 0.273. The summed E-state index contributed by atoms with van der Waals surface area (Å²) in [6.45, 7) is -0.522. The van der Waals surface area contributed by atoms with Crippen LogP contribution >= 0.6 is 0 Å². The number of fused-ring (bicyclic) bond motifs is 1. The third kappa shape index (κ3) is 4.28. The molecule has 3 N–H and O–H groups in total. The number of pyridine rings is 1. The van der Waals surface area contributed by atoms with Gasteiger partial charge < -0.3 is 20.4 Å². The predicted octanol–water partition coefficient (Wildman–Crippen LogP) is 4.39. The van der Waals surface area contributed by atoms with Gasteiger partial charge in [0.05, 0.1) is 35.9 Å². The molecule has 0 radical (unpaired) electrons. The molecule has 1 atom stereocenters. The molecular weight excluding hydrogens is 461 g/mol. The Bertz CT molecular complexity index is 1230. The predicted molar refractivity (Wildman–Crippen MR) is 114 cm³/mol. The number of carbonyl (C=O) groups excluding carboxylic acids is 1. The molecule has 1 aromatic carbocycles. The summed E-state index contributed by atoms with van der Waals surface area (Å²) in [5.41, 5.74) is 0.544. The number of methoxy groups -OCH3 is 1. The van der Waals surface area contributed by atoms with Crippen molar-refractivity contribution in [2.75, 3.05) is 32.6 Å². The third-order valence-corrected chi connectivity index (χ3v) is 5.57. The van der Waals surface area contributed by atoms with Crippen LogP contribution < -0.4 is 15.4 Å². The third-order valence-electron chi connectivity index (χ3n) is 5.57. The Balaban J connectivity index is 1.89. The molecule has 1 amide bonds. The van der Waals surface area contributed by atoms with Crippen LogP contribution in [0.5, 0.6) is 5.75 Å². The molecule has 2 aromatic heterocycles. The van der Waals surface area contributed by atoms with E-state index in [1.807, 2.05) is 0 Å². The Morgan fingerprint density at radius 1 is 1.24 bits per heavy atom. The van der Waals surface area contributed by atoms with E-state index < -0.39 is 36.3 Å². The molecule has 3 aromatic rings. The molecule has 3 heterocycles. The van der Waals surface area contributed by atoms with E-state index in [1.165, 1.54) is 37.6 Å². The minimum atomic E-state index is -4.58. The molecular formula is C22H20F5N5O2. The van der Waals surface area contributed by atoms with E-state index in [0.29, 0.717) is 0 Å². The normalized spacial score (nSPS) is 15.8. The molecule has 0 spiro atoms. The number of amides is 1. The second-order valence-electron chi connectivity index (χ2n) is 7.72. The summed E-state index contributed by atoms with van der Waals surface area (Å²) in [6.07, 6.45) is -2.28. The second-order valence-corrected chi connectivity index (χ2v) is 7.72. The number of likely N-dealkylation sites (N-methyl/N-ethyl adjacent to an activating group) is 1. The van der Waals surface area contributed by atoms with E-state index in [2.05, 4.69) is 20.6 Å². The highest BCUT2D eigenvalue weighted by Crippen LogP contribution is 2.42. The Morgan fingerprint density at radius 3 is 2.68 bits per heavy atom. The summed E-state index contributed by atoms with van der Waals surface area (Å²) in [6, 6.07) is 5.43. The van der Waals surface area contributed by atoms with Crippen LogP contribution in [0.4, 0.5) is 33.3 Å². The number of ether oxygens (including phenoxy) is 1. The van der Waals surface area contributed by atoms with Crippen molar-refractivity contribution in [3.05, 3.63) is 59.6 Å². The lowest BCUT2D eigenvalue weighted by Crippen LogP contribution is -2.43. The monoisotopic (exact) mass is 481 g/mol. The molecule has 0 aliphatic carbocycles. The van der Waals surface area contributed by atoms with Crippen molar-refractivity contribution >= 4 is 17.3 Å². The van der Waals surface area contributed by atoms with Crippen LogP contribution in [0.15, 0.2) is 36.7 Å². The summed E-state index contributed by atoms with van der Waals surface area (Å²) in [5, 5.41) is 5.51. The summed E-state index contributed by atoms with van der Waals surface area (Å²) in [4.78, 5) is 19.7. The van der Waals surface area contributed by atoms with Gasteiger partial charge in [0.25, 0.3) is 5.91 Å². The van der Waals surface area contributed by atoms with Crippen LogP contribution in [0.3, 0.4) is 0 Å². The maximum absolute atomic E-state index is 14.7. The summed E-state index contributed by atoms with van der Waals surface area (Å²) in [5.74, 6) is -2.91. The van der Waals surface area contributed by atoms with Gasteiger partial charge in [-0.15, -0.1) is 0 Å². The van der Waals surface area contributed by atoms with Crippen molar-refractivity contribution < 1.29 is 31.5 Å². The molecule has 7 nitrogen and oxygen atoms in total. The van der Waals surface area contributed by atoms with Crippen molar-refractivity contribution in [1.29, 1.82) is 0 Å². The van der Waals surface area contributed by atoms with Gasteiger partial charge in [0.1, 0.15) is 0 Å². The van der Waals surface area contributed by atoms with Crippen LogP contribution in [-0.2, 0) is 0 Å². The lowest BCUT2D eigenvalue weighted by molar-refractivity contribution is -0.237. The van der Waals surface area contributed by atoms with Gasteiger partial charge in [-0.1, -0.05) is 6.07 Å². The average Bonchev–Trinajstić information content (AvgIpc) is 3.15. The highest BCUT2D eigenvalue weighted by molar-refractivity contribution is 6.06. The highest BCUT2D eigenvalue weighted by atomic mass is 19.4. The van der Waals surface area contributed by atoms with E-state index in [9.17, 15) is 26.7 Å². The molecule has 12 heteroatoms. The minimum Gasteiger partial charge on any atom is -0.492 e. The second kappa shape index (κ2) is 8.93. The smallest absolute Gasteiger partial charge is 0.459 e. The van der Waals surface area contributed by atoms with Gasteiger partial charge in [-0.2, -0.15) is 13.2 Å². The van der Waals surface area contributed by atoms with Gasteiger partial charge in [0.2, 0.25) is 0 Å². The maximum atomic E-state index is 14.7. The number of H-pyrrole nitrogens is 1. The first-order chi connectivity index (χ1) is 16.1. The number of hydrogen-bond acceptors (Lipinski definition) is 5.